The first-order chi connectivity index (χ1) is 22.3. The zero-order valence-corrected chi connectivity index (χ0v) is 36.4. The fraction of sp³-hybridized carbons (Fsp3) is 0.383. The van der Waals surface area contributed by atoms with Crippen molar-refractivity contribution in [1.82, 2.24) is 0 Å². The van der Waals surface area contributed by atoms with Gasteiger partial charge in [-0.3, -0.25) is 0 Å². The van der Waals surface area contributed by atoms with Gasteiger partial charge in [0.1, 0.15) is 0 Å². The van der Waals surface area contributed by atoms with E-state index in [9.17, 15) is 0 Å². The Bertz CT molecular complexity index is 1900. The monoisotopic (exact) mass is 780 g/mol. The number of allylic oxidation sites excluding steroid dienone is 4. The molecule has 3 heteroatoms. The molecule has 0 radical (unpaired) electrons. The summed E-state index contributed by atoms with van der Waals surface area (Å²) in [4.78, 5) is 0. The number of hydrogen-bond acceptors (Lipinski definition) is 0. The van der Waals surface area contributed by atoms with Crippen LogP contribution in [0.15, 0.2) is 100 Å². The zero-order chi connectivity index (χ0) is 34.8. The molecule has 0 spiro atoms. The first-order valence-electron chi connectivity index (χ1n) is 18.0. The average molecular weight is 783 g/mol. The summed E-state index contributed by atoms with van der Waals surface area (Å²) in [5.41, 5.74) is 14.9. The Morgan fingerprint density at radius 1 is 0.520 bits per heavy atom. The topological polar surface area (TPSA) is 0 Å². The predicted octanol–water partition coefficient (Wildman–Crippen LogP) is 5.81. The molecule has 0 N–H and O–H groups in total. The van der Waals surface area contributed by atoms with E-state index in [4.69, 9.17) is 0 Å². The number of fused-ring (bicyclic) bond motifs is 3. The van der Waals surface area contributed by atoms with Crippen LogP contribution in [0.25, 0.3) is 11.1 Å². The molecule has 0 aromatic heterocycles. The van der Waals surface area contributed by atoms with Crippen LogP contribution in [0.1, 0.15) is 134 Å². The van der Waals surface area contributed by atoms with Gasteiger partial charge in [0, 0.05) is 0 Å². The van der Waals surface area contributed by atoms with Crippen molar-refractivity contribution in [1.29, 1.82) is 0 Å². The Balaban J connectivity index is 0.00000281. The van der Waals surface area contributed by atoms with Crippen molar-refractivity contribution in [3.8, 4) is 11.1 Å². The first kappa shape index (κ1) is 40.5. The molecule has 0 bridgehead atoms. The van der Waals surface area contributed by atoms with E-state index in [0.717, 1.165) is 12.8 Å². The SMILES string of the molecule is CC(C)(C)c1ccc([C](c2ccc(C(C)(C)C)cc2)=[Zr+2]([C]2=CC=CC2)[c]2cc(C(C)(C)C)cc3c2Cc2ccc(C(C)(C)C)cc2-3)cc1.[Cl-].[Cl-]. The van der Waals surface area contributed by atoms with Gasteiger partial charge < -0.3 is 24.8 Å². The molecule has 2 aliphatic carbocycles. The maximum absolute atomic E-state index is 2.79. The molecular weight excluding hydrogens is 727 g/mol. The number of rotatable bonds is 4. The van der Waals surface area contributed by atoms with Crippen molar-refractivity contribution < 1.29 is 46.1 Å². The smallest absolute Gasteiger partial charge is 1.00 e. The summed E-state index contributed by atoms with van der Waals surface area (Å²) in [6.45, 7) is 28.1. The maximum Gasteiger partial charge on any atom is -1.00 e. The Morgan fingerprint density at radius 3 is 1.42 bits per heavy atom. The molecule has 2 aliphatic rings. The van der Waals surface area contributed by atoms with Crippen LogP contribution >= 0.6 is 0 Å². The van der Waals surface area contributed by atoms with E-state index in [-0.39, 0.29) is 46.5 Å². The largest absolute Gasteiger partial charge is 1.00 e. The summed E-state index contributed by atoms with van der Waals surface area (Å²) in [7, 11) is 0. The summed E-state index contributed by atoms with van der Waals surface area (Å²) >= 11 is -2.79. The minimum absolute atomic E-state index is 0. The molecule has 0 aliphatic heterocycles. The van der Waals surface area contributed by atoms with E-state index in [2.05, 4.69) is 180 Å². The molecule has 0 saturated heterocycles. The van der Waals surface area contributed by atoms with Crippen LogP contribution in [0.4, 0.5) is 0 Å². The molecule has 6 rings (SSSR count). The fourth-order valence-corrected chi connectivity index (χ4v) is 15.2. The van der Waals surface area contributed by atoms with Crippen LogP contribution in [0.5, 0.6) is 0 Å². The van der Waals surface area contributed by atoms with Crippen LogP contribution in [-0.4, -0.2) is 3.21 Å². The second kappa shape index (κ2) is 14.6. The Hall–Kier alpha value is -2.31. The van der Waals surface area contributed by atoms with Crippen LogP contribution in [0.2, 0.25) is 0 Å². The third-order valence-corrected chi connectivity index (χ3v) is 18.0. The standard InChI is InChI=1S/C21H25.C21H26.C5H5.2ClH.Zr/c1-20(2,3)16-9-7-14-11-15-8-10-17(21(4,5)6)13-19(15)18(14)12-16;1-20(2,3)18-11-7-16(8-12-18)15-17-9-13-19(14-10-17)21(4,5)6;1-2-4-5-3-1;;;/h7,9-10,12-13H,11H2,1-6H3;7-14H,1-6H3;1-3H,4H2;2*1H;/q;;;;;+2/p-2. The molecule has 0 heterocycles. The van der Waals surface area contributed by atoms with E-state index in [1.165, 1.54) is 50.1 Å². The summed E-state index contributed by atoms with van der Waals surface area (Å²) < 4.78 is 4.94. The van der Waals surface area contributed by atoms with Gasteiger partial charge in [0.15, 0.2) is 0 Å². The van der Waals surface area contributed by atoms with Crippen molar-refractivity contribution in [3.05, 3.63) is 145 Å². The molecule has 4 aromatic carbocycles. The van der Waals surface area contributed by atoms with Crippen LogP contribution in [0, 0.1) is 0 Å². The van der Waals surface area contributed by atoms with Crippen molar-refractivity contribution in [3.63, 3.8) is 0 Å². The van der Waals surface area contributed by atoms with E-state index in [1.54, 1.807) is 15.3 Å². The van der Waals surface area contributed by atoms with Gasteiger partial charge in [-0.25, -0.2) is 0 Å². The molecule has 0 saturated carbocycles. The molecule has 0 nitrogen and oxygen atoms in total. The fourth-order valence-electron chi connectivity index (χ4n) is 7.23. The molecule has 262 valence electrons. The molecular formula is C47H56Cl2Zr. The number of hydrogen-bond donors (Lipinski definition) is 0. The van der Waals surface area contributed by atoms with Crippen molar-refractivity contribution in [2.45, 2.75) is 118 Å². The van der Waals surface area contributed by atoms with Gasteiger partial charge in [-0.15, -0.1) is 0 Å². The maximum atomic E-state index is 2.66. The normalized spacial score (nSPS) is 13.8. The van der Waals surface area contributed by atoms with E-state index in [1.807, 2.05) is 0 Å². The van der Waals surface area contributed by atoms with Crippen LogP contribution < -0.4 is 28.1 Å². The predicted molar refractivity (Wildman–Crippen MR) is 207 cm³/mol. The zero-order valence-electron chi connectivity index (χ0n) is 32.4. The Kier molecular flexibility index (Phi) is 11.8. The molecule has 0 unspecified atom stereocenters. The number of benzene rings is 4. The Morgan fingerprint density at radius 2 is 0.980 bits per heavy atom. The minimum Gasteiger partial charge on any atom is -1.00 e. The van der Waals surface area contributed by atoms with Crippen molar-refractivity contribution in [2.75, 3.05) is 0 Å². The molecule has 50 heavy (non-hydrogen) atoms. The van der Waals surface area contributed by atoms with Gasteiger partial charge in [-0.1, -0.05) is 0 Å². The molecule has 4 aromatic rings. The van der Waals surface area contributed by atoms with E-state index < -0.39 is 21.3 Å². The summed E-state index contributed by atoms with van der Waals surface area (Å²) in [6, 6.07) is 31.8. The molecule has 0 atom stereocenters. The number of halogens is 2. The van der Waals surface area contributed by atoms with Gasteiger partial charge >= 0.3 is 301 Å². The second-order valence-electron chi connectivity index (χ2n) is 18.3. The second-order valence-corrected chi connectivity index (χ2v) is 24.3. The average Bonchev–Trinajstić information content (AvgIpc) is 3.66. The minimum atomic E-state index is -2.79. The van der Waals surface area contributed by atoms with Gasteiger partial charge in [-0.05, 0) is 0 Å². The van der Waals surface area contributed by atoms with Crippen LogP contribution in [-0.2, 0) is 49.3 Å². The first-order valence-corrected chi connectivity index (χ1v) is 21.6. The van der Waals surface area contributed by atoms with Gasteiger partial charge in [0.2, 0.25) is 0 Å². The van der Waals surface area contributed by atoms with Crippen molar-refractivity contribution >= 4 is 6.48 Å². The van der Waals surface area contributed by atoms with E-state index in [0.29, 0.717) is 0 Å². The summed E-state index contributed by atoms with van der Waals surface area (Å²) in [5.74, 6) is 0. The third kappa shape index (κ3) is 8.17. The Labute approximate surface area is 323 Å². The van der Waals surface area contributed by atoms with Gasteiger partial charge in [0.05, 0.1) is 0 Å². The van der Waals surface area contributed by atoms with Gasteiger partial charge in [-0.2, -0.15) is 0 Å². The molecule has 0 fully saturated rings. The van der Waals surface area contributed by atoms with Crippen molar-refractivity contribution in [2.24, 2.45) is 0 Å². The quantitative estimate of drug-likeness (QED) is 0.216. The summed E-state index contributed by atoms with van der Waals surface area (Å²) in [5, 5.41) is 0. The van der Waals surface area contributed by atoms with Crippen LogP contribution in [0.3, 0.4) is 0 Å². The van der Waals surface area contributed by atoms with E-state index >= 15 is 0 Å². The summed E-state index contributed by atoms with van der Waals surface area (Å²) in [6.07, 6.45) is 9.28. The third-order valence-electron chi connectivity index (χ3n) is 10.4. The molecule has 0 amide bonds. The van der Waals surface area contributed by atoms with Gasteiger partial charge in [0.25, 0.3) is 0 Å².